The highest BCUT2D eigenvalue weighted by molar-refractivity contribution is 7.89. The third-order valence-corrected chi connectivity index (χ3v) is 9.39. The number of rotatable bonds is 6. The van der Waals surface area contributed by atoms with Crippen LogP contribution in [0, 0.1) is 16.7 Å². The van der Waals surface area contributed by atoms with Gasteiger partial charge in [0.2, 0.25) is 15.9 Å². The molecule has 1 atom stereocenters. The number of carbonyl (C=O) groups excluding carboxylic acids is 1. The van der Waals surface area contributed by atoms with Gasteiger partial charge in [-0.3, -0.25) is 4.79 Å². The van der Waals surface area contributed by atoms with Crippen LogP contribution in [0.3, 0.4) is 0 Å². The zero-order valence-corrected chi connectivity index (χ0v) is 17.0. The Bertz CT molecular complexity index is 615. The fraction of sp³-hybridized carbons (Fsp3) is 0.947. The van der Waals surface area contributed by atoms with Gasteiger partial charge in [-0.2, -0.15) is 0 Å². The van der Waals surface area contributed by atoms with Crippen LogP contribution in [-0.2, 0) is 14.8 Å². The van der Waals surface area contributed by atoms with Crippen molar-refractivity contribution < 1.29 is 13.2 Å². The molecular weight excluding hydrogens is 336 g/mol. The lowest BCUT2D eigenvalue weighted by Crippen LogP contribution is -2.50. The maximum atomic E-state index is 12.8. The van der Waals surface area contributed by atoms with E-state index in [4.69, 9.17) is 0 Å². The van der Waals surface area contributed by atoms with Crippen LogP contribution in [-0.4, -0.2) is 44.1 Å². The highest BCUT2D eigenvalue weighted by Gasteiger charge is 2.60. The molecule has 0 aromatic heterocycles. The molecule has 1 unspecified atom stereocenters. The molecule has 0 aliphatic heterocycles. The average molecular weight is 371 g/mol. The first-order valence-corrected chi connectivity index (χ1v) is 11.5. The summed E-state index contributed by atoms with van der Waals surface area (Å²) in [7, 11) is -1.67. The lowest BCUT2D eigenvalue weighted by molar-refractivity contribution is -0.133. The predicted octanol–water partition coefficient (Wildman–Crippen LogP) is 2.91. The van der Waals surface area contributed by atoms with Gasteiger partial charge in [0.25, 0.3) is 0 Å². The van der Waals surface area contributed by atoms with Crippen molar-refractivity contribution in [2.24, 2.45) is 16.7 Å². The van der Waals surface area contributed by atoms with Crippen LogP contribution < -0.4 is 4.72 Å². The number of nitrogens with zero attached hydrogens (tertiary/aromatic N) is 1. The number of nitrogens with one attached hydrogen (secondary N) is 1. The van der Waals surface area contributed by atoms with E-state index < -0.39 is 16.1 Å². The van der Waals surface area contributed by atoms with Crippen LogP contribution in [0.25, 0.3) is 0 Å². The van der Waals surface area contributed by atoms with Crippen LogP contribution in [0.5, 0.6) is 0 Å². The monoisotopic (exact) mass is 370 g/mol. The van der Waals surface area contributed by atoms with Gasteiger partial charge >= 0.3 is 0 Å². The number of likely N-dealkylation sites (N-methyl/N-ethyl adjacent to an activating group) is 1. The number of hydrogen-bond donors (Lipinski definition) is 1. The molecule has 6 heteroatoms. The van der Waals surface area contributed by atoms with Crippen molar-refractivity contribution in [2.45, 2.75) is 84.2 Å². The first kappa shape index (κ1) is 19.2. The molecule has 3 fully saturated rings. The third-order valence-electron chi connectivity index (χ3n) is 7.74. The molecule has 0 spiro atoms. The molecular formula is C19H34N2O3S. The molecule has 0 saturated heterocycles. The average Bonchev–Trinajstić information content (AvgIpc) is 3.19. The molecule has 1 N–H and O–H groups in total. The van der Waals surface area contributed by atoms with Crippen molar-refractivity contribution in [1.29, 1.82) is 0 Å². The van der Waals surface area contributed by atoms with Gasteiger partial charge in [0, 0.05) is 13.1 Å². The topological polar surface area (TPSA) is 66.5 Å². The Morgan fingerprint density at radius 3 is 2.20 bits per heavy atom. The summed E-state index contributed by atoms with van der Waals surface area (Å²) in [6, 6.07) is -0.420. The molecule has 3 aliphatic rings. The summed E-state index contributed by atoms with van der Waals surface area (Å²) in [6.07, 6.45) is 8.64. The summed E-state index contributed by atoms with van der Waals surface area (Å²) in [4.78, 5) is 14.4. The Morgan fingerprint density at radius 2 is 1.72 bits per heavy atom. The van der Waals surface area contributed by atoms with Gasteiger partial charge in [-0.25, -0.2) is 13.1 Å². The van der Waals surface area contributed by atoms with Crippen LogP contribution in [0.15, 0.2) is 0 Å². The minimum absolute atomic E-state index is 0.0790. The van der Waals surface area contributed by atoms with E-state index >= 15 is 0 Å². The number of carbonyl (C=O) groups is 1. The molecule has 0 radical (unpaired) electrons. The summed E-state index contributed by atoms with van der Waals surface area (Å²) in [5.74, 6) is 0.701. The van der Waals surface area contributed by atoms with Gasteiger partial charge in [0.05, 0.1) is 11.8 Å². The second-order valence-electron chi connectivity index (χ2n) is 9.26. The zero-order chi connectivity index (χ0) is 18.5. The lowest BCUT2D eigenvalue weighted by Gasteiger charge is -2.38. The van der Waals surface area contributed by atoms with Crippen molar-refractivity contribution in [2.75, 3.05) is 12.8 Å². The SMILES string of the molecule is CC(NS(=O)(=O)CC12CCC(CC1)C2(C)C)C(=O)N(C)C1CCCC1. The van der Waals surface area contributed by atoms with E-state index in [0.717, 1.165) is 51.4 Å². The van der Waals surface area contributed by atoms with E-state index in [9.17, 15) is 13.2 Å². The third kappa shape index (κ3) is 3.36. The Kier molecular flexibility index (Phi) is 4.99. The van der Waals surface area contributed by atoms with Crippen molar-refractivity contribution in [3.05, 3.63) is 0 Å². The molecule has 25 heavy (non-hydrogen) atoms. The van der Waals surface area contributed by atoms with E-state index in [0.29, 0.717) is 5.92 Å². The second-order valence-corrected chi connectivity index (χ2v) is 11.0. The van der Waals surface area contributed by atoms with Crippen LogP contribution in [0.1, 0.15) is 72.1 Å². The first-order valence-electron chi connectivity index (χ1n) is 9.85. The Balaban J connectivity index is 1.64. The normalized spacial score (nSPS) is 32.9. The van der Waals surface area contributed by atoms with Gasteiger partial charge in [-0.05, 0) is 62.2 Å². The molecule has 0 aromatic carbocycles. The molecule has 1 amide bonds. The molecule has 3 saturated carbocycles. The van der Waals surface area contributed by atoms with Gasteiger partial charge in [-0.1, -0.05) is 26.7 Å². The van der Waals surface area contributed by atoms with Crippen molar-refractivity contribution in [3.63, 3.8) is 0 Å². The van der Waals surface area contributed by atoms with Gasteiger partial charge in [0.15, 0.2) is 0 Å². The smallest absolute Gasteiger partial charge is 0.240 e. The Morgan fingerprint density at radius 1 is 1.16 bits per heavy atom. The van der Waals surface area contributed by atoms with E-state index in [1.807, 2.05) is 7.05 Å². The molecule has 2 bridgehead atoms. The fourth-order valence-corrected chi connectivity index (χ4v) is 7.91. The van der Waals surface area contributed by atoms with Crippen molar-refractivity contribution >= 4 is 15.9 Å². The number of sulfonamides is 1. The first-order chi connectivity index (χ1) is 11.6. The van der Waals surface area contributed by atoms with Gasteiger partial charge in [-0.15, -0.1) is 0 Å². The predicted molar refractivity (Wildman–Crippen MR) is 99.6 cm³/mol. The maximum absolute atomic E-state index is 12.8. The van der Waals surface area contributed by atoms with Crippen LogP contribution >= 0.6 is 0 Å². The lowest BCUT2D eigenvalue weighted by atomic mass is 9.71. The van der Waals surface area contributed by atoms with Crippen LogP contribution in [0.2, 0.25) is 0 Å². The molecule has 144 valence electrons. The van der Waals surface area contributed by atoms with Crippen molar-refractivity contribution in [3.8, 4) is 0 Å². The minimum atomic E-state index is -3.48. The van der Waals surface area contributed by atoms with Gasteiger partial charge in [0.1, 0.15) is 0 Å². The number of amides is 1. The largest absolute Gasteiger partial charge is 0.341 e. The summed E-state index contributed by atoms with van der Waals surface area (Å²) in [5.41, 5.74) is -0.0424. The molecule has 5 nitrogen and oxygen atoms in total. The van der Waals surface area contributed by atoms with Gasteiger partial charge < -0.3 is 4.90 Å². The van der Waals surface area contributed by atoms with Crippen LogP contribution in [0.4, 0.5) is 0 Å². The van der Waals surface area contributed by atoms with E-state index in [1.165, 1.54) is 0 Å². The minimum Gasteiger partial charge on any atom is -0.341 e. The molecule has 0 heterocycles. The zero-order valence-electron chi connectivity index (χ0n) is 16.2. The maximum Gasteiger partial charge on any atom is 0.240 e. The second kappa shape index (κ2) is 6.52. The molecule has 0 aromatic rings. The summed E-state index contributed by atoms with van der Waals surface area (Å²) < 4.78 is 28.4. The van der Waals surface area contributed by atoms with Crippen molar-refractivity contribution in [1.82, 2.24) is 9.62 Å². The summed E-state index contributed by atoms with van der Waals surface area (Å²) >= 11 is 0. The standard InChI is InChI=1S/C19H34N2O3S/c1-14(17(22)21(4)16-7-5-6-8-16)20-25(23,24)13-19-11-9-15(10-12-19)18(19,2)3/h14-16,20H,5-13H2,1-4H3. The highest BCUT2D eigenvalue weighted by atomic mass is 32.2. The number of fused-ring (bicyclic) bond motifs is 2. The van der Waals surface area contributed by atoms with E-state index in [2.05, 4.69) is 18.6 Å². The quantitative estimate of drug-likeness (QED) is 0.782. The van der Waals surface area contributed by atoms with E-state index in [-0.39, 0.29) is 28.5 Å². The molecule has 3 aliphatic carbocycles. The Labute approximate surface area is 153 Å². The number of hydrogen-bond acceptors (Lipinski definition) is 3. The van der Waals surface area contributed by atoms with E-state index in [1.54, 1.807) is 11.8 Å². The Hall–Kier alpha value is -0.620. The summed E-state index contributed by atoms with van der Waals surface area (Å²) in [5, 5.41) is 0. The fourth-order valence-electron chi connectivity index (χ4n) is 5.80. The summed E-state index contributed by atoms with van der Waals surface area (Å²) in [6.45, 7) is 6.14. The molecule has 3 rings (SSSR count). The highest BCUT2D eigenvalue weighted by Crippen LogP contribution is 2.66.